The Bertz CT molecular complexity index is 2780. The maximum atomic E-state index is 5.47. The molecule has 3 heterocycles. The van der Waals surface area contributed by atoms with E-state index in [2.05, 4.69) is 144 Å². The van der Waals surface area contributed by atoms with Crippen LogP contribution in [0.5, 0.6) is 0 Å². The van der Waals surface area contributed by atoms with Crippen LogP contribution in [0.4, 0.5) is 0 Å². The molecular weight excluding hydrogens is 555 g/mol. The molecule has 0 bridgehead atoms. The Morgan fingerprint density at radius 2 is 1.07 bits per heavy atom. The van der Waals surface area contributed by atoms with E-state index in [1.807, 2.05) is 0 Å². The summed E-state index contributed by atoms with van der Waals surface area (Å²) in [6.07, 6.45) is 0. The van der Waals surface area contributed by atoms with Crippen molar-refractivity contribution in [1.29, 1.82) is 0 Å². The Kier molecular flexibility index (Phi) is 4.87. The van der Waals surface area contributed by atoms with Crippen molar-refractivity contribution in [3.8, 4) is 17.2 Å². The lowest BCUT2D eigenvalue weighted by molar-refractivity contribution is 1.02. The van der Waals surface area contributed by atoms with Gasteiger partial charge in [0.15, 0.2) is 0 Å². The zero-order valence-electron chi connectivity index (χ0n) is 23.5. The minimum absolute atomic E-state index is 0.690. The summed E-state index contributed by atoms with van der Waals surface area (Å²) in [4.78, 5) is 10.9. The Balaban J connectivity index is 1.39. The summed E-state index contributed by atoms with van der Waals surface area (Å²) in [7, 11) is 0. The maximum absolute atomic E-state index is 5.47. The second-order valence-corrected chi connectivity index (χ2v) is 12.5. The fraction of sp³-hybridized carbons (Fsp3) is 0. The van der Waals surface area contributed by atoms with Crippen LogP contribution in [0.25, 0.3) is 91.6 Å². The van der Waals surface area contributed by atoms with Crippen molar-refractivity contribution in [2.75, 3.05) is 0 Å². The molecule has 0 N–H and O–H groups in total. The van der Waals surface area contributed by atoms with E-state index in [-0.39, 0.29) is 0 Å². The number of thiophene rings is 1. The number of hydrogen-bond acceptors (Lipinski definition) is 3. The molecule has 0 saturated heterocycles. The summed E-state index contributed by atoms with van der Waals surface area (Å²) in [6, 6.07) is 50.1. The smallest absolute Gasteiger partial charge is 0.235 e. The predicted molar refractivity (Wildman–Crippen MR) is 187 cm³/mol. The standard InChI is InChI=1S/C40H23N3S/c1-3-13-27-22-35-32(20-25(27)11-1)30-17-7-8-19-34(30)43(35)40-41-37(31-18-9-15-24-10-5-6-16-29(24)31)39-38(42-40)33-21-26-12-2-4-14-28(26)23-36(33)44-39/h1-23H. The summed E-state index contributed by atoms with van der Waals surface area (Å²) < 4.78 is 4.59. The third kappa shape index (κ3) is 3.37. The van der Waals surface area contributed by atoms with Crippen LogP contribution in [0.1, 0.15) is 0 Å². The van der Waals surface area contributed by atoms with Gasteiger partial charge in [0, 0.05) is 26.4 Å². The van der Waals surface area contributed by atoms with Crippen LogP contribution in [0, 0.1) is 0 Å². The molecular formula is C40H23N3S. The molecule has 0 radical (unpaired) electrons. The van der Waals surface area contributed by atoms with Gasteiger partial charge in [-0.15, -0.1) is 11.3 Å². The number of benzene rings is 7. The van der Waals surface area contributed by atoms with E-state index in [9.17, 15) is 0 Å². The van der Waals surface area contributed by atoms with Crippen molar-refractivity contribution < 1.29 is 0 Å². The molecule has 0 aliphatic carbocycles. The number of para-hydroxylation sites is 1. The molecule has 0 aliphatic rings. The highest BCUT2D eigenvalue weighted by molar-refractivity contribution is 7.26. The van der Waals surface area contributed by atoms with E-state index in [1.54, 1.807) is 11.3 Å². The third-order valence-corrected chi connectivity index (χ3v) is 10.1. The highest BCUT2D eigenvalue weighted by Crippen LogP contribution is 2.43. The molecule has 3 aromatic heterocycles. The van der Waals surface area contributed by atoms with Gasteiger partial charge in [-0.2, -0.15) is 0 Å². The van der Waals surface area contributed by atoms with Gasteiger partial charge in [0.1, 0.15) is 0 Å². The molecule has 0 spiro atoms. The number of aromatic nitrogens is 3. The molecule has 44 heavy (non-hydrogen) atoms. The van der Waals surface area contributed by atoms with E-state index < -0.39 is 0 Å². The van der Waals surface area contributed by atoms with Crippen LogP contribution < -0.4 is 0 Å². The first-order valence-electron chi connectivity index (χ1n) is 14.8. The largest absolute Gasteiger partial charge is 0.278 e. The number of rotatable bonds is 2. The zero-order chi connectivity index (χ0) is 28.8. The van der Waals surface area contributed by atoms with Gasteiger partial charge in [-0.1, -0.05) is 109 Å². The van der Waals surface area contributed by atoms with Crippen molar-refractivity contribution in [1.82, 2.24) is 14.5 Å². The molecule has 0 saturated carbocycles. The second kappa shape index (κ2) is 8.96. The quantitative estimate of drug-likeness (QED) is 0.205. The molecule has 4 heteroatoms. The molecule has 0 amide bonds. The Labute approximate surface area is 256 Å². The Morgan fingerprint density at radius 3 is 1.86 bits per heavy atom. The fourth-order valence-electron chi connectivity index (χ4n) is 6.90. The first kappa shape index (κ1) is 23.9. The number of fused-ring (bicyclic) bond motifs is 9. The molecule has 7 aromatic carbocycles. The van der Waals surface area contributed by atoms with Crippen LogP contribution >= 0.6 is 11.3 Å². The van der Waals surface area contributed by atoms with Gasteiger partial charge in [-0.25, -0.2) is 9.97 Å². The number of hydrogen-bond donors (Lipinski definition) is 0. The molecule has 10 aromatic rings. The van der Waals surface area contributed by atoms with Crippen LogP contribution in [0.15, 0.2) is 140 Å². The molecule has 0 unspecified atom stereocenters. The van der Waals surface area contributed by atoms with E-state index in [4.69, 9.17) is 9.97 Å². The summed E-state index contributed by atoms with van der Waals surface area (Å²) in [5.41, 5.74) is 5.30. The third-order valence-electron chi connectivity index (χ3n) is 8.95. The van der Waals surface area contributed by atoms with Gasteiger partial charge >= 0.3 is 0 Å². The summed E-state index contributed by atoms with van der Waals surface area (Å²) >= 11 is 1.79. The van der Waals surface area contributed by atoms with Gasteiger partial charge in [-0.3, -0.25) is 4.57 Å². The summed E-state index contributed by atoms with van der Waals surface area (Å²) in [5.74, 6) is 0.690. The average Bonchev–Trinajstić information content (AvgIpc) is 3.60. The van der Waals surface area contributed by atoms with Crippen LogP contribution in [-0.2, 0) is 0 Å². The average molecular weight is 578 g/mol. The van der Waals surface area contributed by atoms with Crippen LogP contribution in [0.2, 0.25) is 0 Å². The summed E-state index contributed by atoms with van der Waals surface area (Å²) in [6.45, 7) is 0. The van der Waals surface area contributed by atoms with Crippen molar-refractivity contribution >= 4 is 85.8 Å². The first-order valence-corrected chi connectivity index (χ1v) is 15.7. The maximum Gasteiger partial charge on any atom is 0.235 e. The minimum Gasteiger partial charge on any atom is -0.278 e. The number of nitrogens with zero attached hydrogens (tertiary/aromatic N) is 3. The van der Waals surface area contributed by atoms with E-state index in [1.165, 1.54) is 53.2 Å². The van der Waals surface area contributed by atoms with Gasteiger partial charge in [-0.05, 0) is 62.6 Å². The van der Waals surface area contributed by atoms with Crippen molar-refractivity contribution in [2.45, 2.75) is 0 Å². The minimum atomic E-state index is 0.690. The lowest BCUT2D eigenvalue weighted by Crippen LogP contribution is -2.03. The van der Waals surface area contributed by atoms with Gasteiger partial charge in [0.25, 0.3) is 0 Å². The second-order valence-electron chi connectivity index (χ2n) is 11.4. The first-order chi connectivity index (χ1) is 21.8. The molecule has 10 rings (SSSR count). The Morgan fingerprint density at radius 1 is 0.455 bits per heavy atom. The zero-order valence-corrected chi connectivity index (χ0v) is 24.3. The van der Waals surface area contributed by atoms with Gasteiger partial charge < -0.3 is 0 Å². The van der Waals surface area contributed by atoms with E-state index in [0.717, 1.165) is 32.5 Å². The molecule has 204 valence electrons. The Hall–Kier alpha value is -5.58. The fourth-order valence-corrected chi connectivity index (χ4v) is 8.08. The molecule has 0 atom stereocenters. The lowest BCUT2D eigenvalue weighted by Gasteiger charge is -2.12. The lowest BCUT2D eigenvalue weighted by atomic mass is 10.0. The van der Waals surface area contributed by atoms with Crippen LogP contribution in [0.3, 0.4) is 0 Å². The molecule has 3 nitrogen and oxygen atoms in total. The van der Waals surface area contributed by atoms with Crippen molar-refractivity contribution in [3.05, 3.63) is 140 Å². The normalized spacial score (nSPS) is 12.1. The topological polar surface area (TPSA) is 30.7 Å². The van der Waals surface area contributed by atoms with Gasteiger partial charge in [0.05, 0.1) is 26.9 Å². The monoisotopic (exact) mass is 577 g/mol. The van der Waals surface area contributed by atoms with E-state index in [0.29, 0.717) is 5.95 Å². The van der Waals surface area contributed by atoms with Crippen molar-refractivity contribution in [3.63, 3.8) is 0 Å². The molecule has 0 fully saturated rings. The van der Waals surface area contributed by atoms with Crippen molar-refractivity contribution in [2.24, 2.45) is 0 Å². The predicted octanol–water partition coefficient (Wildman–Crippen LogP) is 11.1. The summed E-state index contributed by atoms with van der Waals surface area (Å²) in [5, 5.41) is 10.8. The van der Waals surface area contributed by atoms with E-state index >= 15 is 0 Å². The van der Waals surface area contributed by atoms with Gasteiger partial charge in [0.2, 0.25) is 5.95 Å². The SMILES string of the molecule is c1ccc2cc3c(cc2c1)sc1c(-c2cccc4ccccc24)nc(-n2c4ccccc4c4cc5ccccc5cc42)nc13. The highest BCUT2D eigenvalue weighted by Gasteiger charge is 2.21. The molecule has 0 aliphatic heterocycles. The highest BCUT2D eigenvalue weighted by atomic mass is 32.1. The van der Waals surface area contributed by atoms with Crippen LogP contribution in [-0.4, -0.2) is 14.5 Å².